The van der Waals surface area contributed by atoms with Crippen LogP contribution in [-0.4, -0.2) is 50.3 Å². The number of pyridine rings is 1. The molecule has 0 aromatic carbocycles. The van der Waals surface area contributed by atoms with Crippen LogP contribution < -0.4 is 10.9 Å². The lowest BCUT2D eigenvalue weighted by Gasteiger charge is -2.18. The molecule has 164 valence electrons. The molecule has 1 amide bonds. The van der Waals surface area contributed by atoms with Crippen LogP contribution in [0, 0.1) is 0 Å². The number of ether oxygens (including phenoxy) is 1. The molecule has 2 saturated heterocycles. The summed E-state index contributed by atoms with van der Waals surface area (Å²) in [4.78, 5) is 32.9. The molecular weight excluding hydrogens is 432 g/mol. The molecule has 0 radical (unpaired) electrons. The average molecular weight is 459 g/mol. The highest BCUT2D eigenvalue weighted by Crippen LogP contribution is 2.34. The Morgan fingerprint density at radius 3 is 3.00 bits per heavy atom. The molecule has 7 nitrogen and oxygen atoms in total. The van der Waals surface area contributed by atoms with Crippen molar-refractivity contribution in [1.29, 1.82) is 0 Å². The van der Waals surface area contributed by atoms with Crippen molar-refractivity contribution in [2.45, 2.75) is 45.1 Å². The Balaban J connectivity index is 1.66. The van der Waals surface area contributed by atoms with Gasteiger partial charge in [-0.15, -0.1) is 0 Å². The minimum atomic E-state index is -0.215. The summed E-state index contributed by atoms with van der Waals surface area (Å²) in [5.74, 6) is 0.316. The molecule has 2 aliphatic heterocycles. The van der Waals surface area contributed by atoms with Gasteiger partial charge in [0.2, 0.25) is 0 Å². The second-order valence-corrected chi connectivity index (χ2v) is 9.35. The number of thiocarbonyl (C=S) groups is 1. The van der Waals surface area contributed by atoms with E-state index >= 15 is 0 Å². The lowest BCUT2D eigenvalue weighted by molar-refractivity contribution is -0.123. The summed E-state index contributed by atoms with van der Waals surface area (Å²) in [7, 11) is 0. The predicted molar refractivity (Wildman–Crippen MR) is 128 cm³/mol. The summed E-state index contributed by atoms with van der Waals surface area (Å²) < 4.78 is 7.65. The Morgan fingerprint density at radius 1 is 1.35 bits per heavy atom. The van der Waals surface area contributed by atoms with Crippen LogP contribution in [0.3, 0.4) is 0 Å². The molecule has 1 unspecified atom stereocenters. The number of amides is 1. The SMILES string of the molecule is CCCCCNc1nc2ccccn2c(=O)c1C=C1SC(=S)N(CC2CCCO2)C1=O. The number of unbranched alkanes of at least 4 members (excludes halogenated alkanes) is 2. The predicted octanol–water partition coefficient (Wildman–Crippen LogP) is 3.68. The number of hydrogen-bond donors (Lipinski definition) is 1. The zero-order valence-corrected chi connectivity index (χ0v) is 19.1. The van der Waals surface area contributed by atoms with Gasteiger partial charge < -0.3 is 10.1 Å². The minimum Gasteiger partial charge on any atom is -0.376 e. The van der Waals surface area contributed by atoms with Gasteiger partial charge >= 0.3 is 0 Å². The van der Waals surface area contributed by atoms with Crippen LogP contribution in [0.2, 0.25) is 0 Å². The van der Waals surface area contributed by atoms with Crippen molar-refractivity contribution in [2.24, 2.45) is 0 Å². The third-order valence-corrected chi connectivity index (χ3v) is 6.78. The quantitative estimate of drug-likeness (QED) is 0.367. The molecule has 0 bridgehead atoms. The van der Waals surface area contributed by atoms with Gasteiger partial charge in [0.05, 0.1) is 23.1 Å². The number of nitrogens with zero attached hydrogens (tertiary/aromatic N) is 3. The van der Waals surface area contributed by atoms with E-state index in [1.807, 2.05) is 6.07 Å². The first kappa shape index (κ1) is 22.0. The van der Waals surface area contributed by atoms with E-state index in [0.717, 1.165) is 38.7 Å². The number of fused-ring (bicyclic) bond motifs is 1. The van der Waals surface area contributed by atoms with E-state index < -0.39 is 0 Å². The summed E-state index contributed by atoms with van der Waals surface area (Å²) in [6.07, 6.45) is 8.45. The van der Waals surface area contributed by atoms with Gasteiger partial charge in [0.25, 0.3) is 11.5 Å². The van der Waals surface area contributed by atoms with Gasteiger partial charge in [0.1, 0.15) is 15.8 Å². The van der Waals surface area contributed by atoms with E-state index in [9.17, 15) is 9.59 Å². The molecule has 4 heterocycles. The number of hydrogen-bond acceptors (Lipinski definition) is 7. The van der Waals surface area contributed by atoms with Crippen LogP contribution in [0.25, 0.3) is 11.7 Å². The molecular formula is C22H26N4O3S2. The zero-order chi connectivity index (χ0) is 21.8. The van der Waals surface area contributed by atoms with Crippen molar-refractivity contribution in [3.05, 3.63) is 45.2 Å². The van der Waals surface area contributed by atoms with Gasteiger partial charge in [0, 0.05) is 19.3 Å². The largest absolute Gasteiger partial charge is 0.376 e. The highest BCUT2D eigenvalue weighted by Gasteiger charge is 2.35. The first-order valence-corrected chi connectivity index (χ1v) is 11.9. The summed E-state index contributed by atoms with van der Waals surface area (Å²) in [5, 5.41) is 3.29. The second kappa shape index (κ2) is 9.93. The number of carbonyl (C=O) groups excluding carboxylic acids is 1. The Hall–Kier alpha value is -2.23. The van der Waals surface area contributed by atoms with Crippen LogP contribution >= 0.6 is 24.0 Å². The fourth-order valence-corrected chi connectivity index (χ4v) is 4.99. The smallest absolute Gasteiger partial charge is 0.267 e. The molecule has 31 heavy (non-hydrogen) atoms. The van der Waals surface area contributed by atoms with Gasteiger partial charge in [-0.05, 0) is 37.5 Å². The van der Waals surface area contributed by atoms with E-state index in [1.165, 1.54) is 16.2 Å². The van der Waals surface area contributed by atoms with Crippen LogP contribution in [0.1, 0.15) is 44.6 Å². The lowest BCUT2D eigenvalue weighted by Crippen LogP contribution is -2.35. The summed E-state index contributed by atoms with van der Waals surface area (Å²) in [5.41, 5.74) is 0.722. The number of rotatable bonds is 8. The lowest BCUT2D eigenvalue weighted by atomic mass is 10.2. The first-order chi connectivity index (χ1) is 15.1. The fraction of sp³-hybridized carbons (Fsp3) is 0.455. The molecule has 4 rings (SSSR count). The van der Waals surface area contributed by atoms with Gasteiger partial charge in [0.15, 0.2) is 0 Å². The summed E-state index contributed by atoms with van der Waals surface area (Å²) in [6.45, 7) is 4.04. The van der Waals surface area contributed by atoms with E-state index in [-0.39, 0.29) is 17.6 Å². The number of aromatic nitrogens is 2. The maximum Gasteiger partial charge on any atom is 0.267 e. The molecule has 2 fully saturated rings. The standard InChI is InChI=1S/C22H26N4O3S2/c1-2-3-5-10-23-19-16(20(27)25-11-6-4-9-18(25)24-19)13-17-21(28)26(22(30)31-17)14-15-8-7-12-29-15/h4,6,9,11,13,15,23H,2-3,5,7-8,10,12,14H2,1H3. The van der Waals surface area contributed by atoms with Crippen molar-refractivity contribution in [2.75, 3.05) is 25.0 Å². The van der Waals surface area contributed by atoms with Crippen molar-refractivity contribution in [3.63, 3.8) is 0 Å². The van der Waals surface area contributed by atoms with Gasteiger partial charge in [-0.25, -0.2) is 4.98 Å². The molecule has 1 atom stereocenters. The van der Waals surface area contributed by atoms with Crippen molar-refractivity contribution in [1.82, 2.24) is 14.3 Å². The van der Waals surface area contributed by atoms with Crippen LogP contribution in [-0.2, 0) is 9.53 Å². The maximum absolute atomic E-state index is 13.2. The average Bonchev–Trinajstić information content (AvgIpc) is 3.38. The normalized spacial score (nSPS) is 20.4. The van der Waals surface area contributed by atoms with Crippen molar-refractivity contribution in [3.8, 4) is 0 Å². The molecule has 2 aliphatic rings. The van der Waals surface area contributed by atoms with E-state index in [2.05, 4.69) is 17.2 Å². The number of nitrogens with one attached hydrogen (secondary N) is 1. The van der Waals surface area contributed by atoms with Crippen LogP contribution in [0.5, 0.6) is 0 Å². The van der Waals surface area contributed by atoms with Crippen LogP contribution in [0.15, 0.2) is 34.1 Å². The third-order valence-electron chi connectivity index (χ3n) is 5.40. The Morgan fingerprint density at radius 2 is 2.23 bits per heavy atom. The highest BCUT2D eigenvalue weighted by atomic mass is 32.2. The van der Waals surface area contributed by atoms with E-state index in [4.69, 9.17) is 17.0 Å². The molecule has 2 aromatic heterocycles. The second-order valence-electron chi connectivity index (χ2n) is 7.67. The van der Waals surface area contributed by atoms with Gasteiger partial charge in [-0.2, -0.15) is 0 Å². The zero-order valence-electron chi connectivity index (χ0n) is 17.5. The number of anilines is 1. The number of carbonyl (C=O) groups is 1. The summed E-state index contributed by atoms with van der Waals surface area (Å²) >= 11 is 6.67. The molecule has 9 heteroatoms. The molecule has 2 aromatic rings. The van der Waals surface area contributed by atoms with Crippen LogP contribution in [0.4, 0.5) is 5.82 Å². The van der Waals surface area contributed by atoms with Gasteiger partial charge in [-0.1, -0.05) is 49.8 Å². The van der Waals surface area contributed by atoms with E-state index in [1.54, 1.807) is 29.3 Å². The summed E-state index contributed by atoms with van der Waals surface area (Å²) in [6, 6.07) is 5.43. The maximum atomic E-state index is 13.2. The van der Waals surface area contributed by atoms with Crippen molar-refractivity contribution >= 4 is 51.7 Å². The first-order valence-electron chi connectivity index (χ1n) is 10.7. The molecule has 0 spiro atoms. The van der Waals surface area contributed by atoms with E-state index in [0.29, 0.717) is 39.3 Å². The topological polar surface area (TPSA) is 75.9 Å². The molecule has 0 saturated carbocycles. The Kier molecular flexibility index (Phi) is 7.04. The highest BCUT2D eigenvalue weighted by molar-refractivity contribution is 8.26. The minimum absolute atomic E-state index is 0.0191. The van der Waals surface area contributed by atoms with Crippen molar-refractivity contribution < 1.29 is 9.53 Å². The molecule has 1 N–H and O–H groups in total. The third kappa shape index (κ3) is 4.83. The molecule has 0 aliphatic carbocycles. The monoisotopic (exact) mass is 458 g/mol. The number of thioether (sulfide) groups is 1. The fourth-order valence-electron chi connectivity index (χ4n) is 3.73. The Bertz CT molecular complexity index is 1080. The Labute approximate surface area is 190 Å². The van der Waals surface area contributed by atoms with Gasteiger partial charge in [-0.3, -0.25) is 18.9 Å².